The monoisotopic (exact) mass is 360 g/mol. The first-order valence-corrected chi connectivity index (χ1v) is 7.88. The van der Waals surface area contributed by atoms with E-state index in [2.05, 4.69) is 15.6 Å². The molecule has 0 radical (unpaired) electrons. The molecule has 0 saturated carbocycles. The maximum Gasteiger partial charge on any atom is 0.153 e. The number of hydrogen-bond acceptors (Lipinski definition) is 4. The van der Waals surface area contributed by atoms with E-state index >= 15 is 0 Å². The number of amidine groups is 1. The SMILES string of the molecule is Cc1onc(-c2c(Cl)cccc2Cl)c1C(=Nc1ccccc1)NN. The van der Waals surface area contributed by atoms with Crippen LogP contribution in [0.4, 0.5) is 5.69 Å². The van der Waals surface area contributed by atoms with Gasteiger partial charge in [0.1, 0.15) is 11.5 Å². The van der Waals surface area contributed by atoms with Gasteiger partial charge in [-0.2, -0.15) is 0 Å². The number of para-hydroxylation sites is 1. The lowest BCUT2D eigenvalue weighted by atomic mass is 10.1. The third-order valence-corrected chi connectivity index (χ3v) is 4.06. The molecule has 2 aromatic carbocycles. The summed E-state index contributed by atoms with van der Waals surface area (Å²) in [6.07, 6.45) is 0. The Morgan fingerprint density at radius 2 is 1.75 bits per heavy atom. The molecule has 0 spiro atoms. The zero-order chi connectivity index (χ0) is 17.1. The number of aryl methyl sites for hydroxylation is 1. The van der Waals surface area contributed by atoms with Crippen molar-refractivity contribution in [2.45, 2.75) is 6.92 Å². The molecule has 0 saturated heterocycles. The number of benzene rings is 2. The smallest absolute Gasteiger partial charge is 0.153 e. The minimum Gasteiger partial charge on any atom is -0.360 e. The highest BCUT2D eigenvalue weighted by atomic mass is 35.5. The van der Waals surface area contributed by atoms with Gasteiger partial charge in [0.15, 0.2) is 5.84 Å². The molecule has 3 aromatic rings. The molecular weight excluding hydrogens is 347 g/mol. The van der Waals surface area contributed by atoms with Gasteiger partial charge >= 0.3 is 0 Å². The Morgan fingerprint density at radius 1 is 1.08 bits per heavy atom. The summed E-state index contributed by atoms with van der Waals surface area (Å²) in [4.78, 5) is 4.52. The number of nitrogens with two attached hydrogens (primary N) is 1. The Hall–Kier alpha value is -2.34. The van der Waals surface area contributed by atoms with E-state index in [9.17, 15) is 0 Å². The normalized spacial score (nSPS) is 11.6. The van der Waals surface area contributed by atoms with Crippen LogP contribution in [0.15, 0.2) is 58.0 Å². The number of hydrogen-bond donors (Lipinski definition) is 2. The highest BCUT2D eigenvalue weighted by molar-refractivity contribution is 6.39. The summed E-state index contributed by atoms with van der Waals surface area (Å²) in [6, 6.07) is 14.7. The zero-order valence-electron chi connectivity index (χ0n) is 12.8. The molecule has 24 heavy (non-hydrogen) atoms. The highest BCUT2D eigenvalue weighted by Crippen LogP contribution is 2.37. The Morgan fingerprint density at radius 3 is 2.38 bits per heavy atom. The summed E-state index contributed by atoms with van der Waals surface area (Å²) in [7, 11) is 0. The molecule has 3 rings (SSSR count). The van der Waals surface area contributed by atoms with E-state index in [0.29, 0.717) is 38.5 Å². The molecule has 0 fully saturated rings. The summed E-state index contributed by atoms with van der Waals surface area (Å²) in [5, 5.41) is 5.03. The Labute approximate surface area is 149 Å². The summed E-state index contributed by atoms with van der Waals surface area (Å²) in [6.45, 7) is 1.77. The van der Waals surface area contributed by atoms with Crippen molar-refractivity contribution in [3.63, 3.8) is 0 Å². The third kappa shape index (κ3) is 3.14. The van der Waals surface area contributed by atoms with Crippen molar-refractivity contribution in [2.75, 3.05) is 0 Å². The topological polar surface area (TPSA) is 76.4 Å². The Kier molecular flexibility index (Phi) is 4.85. The number of hydrazine groups is 1. The number of aromatic nitrogens is 1. The van der Waals surface area contributed by atoms with E-state index in [1.165, 1.54) is 0 Å². The van der Waals surface area contributed by atoms with Gasteiger partial charge in [-0.3, -0.25) is 0 Å². The highest BCUT2D eigenvalue weighted by Gasteiger charge is 2.23. The minimum absolute atomic E-state index is 0.408. The standard InChI is InChI=1S/C17H14Cl2N4O/c1-10-14(17(22-20)21-11-6-3-2-4-7-11)16(23-24-10)15-12(18)8-5-9-13(15)19/h2-9H,20H2,1H3,(H,21,22). The quantitative estimate of drug-likeness (QED) is 0.312. The first kappa shape index (κ1) is 16.5. The van der Waals surface area contributed by atoms with Crippen LogP contribution in [0.1, 0.15) is 11.3 Å². The van der Waals surface area contributed by atoms with Gasteiger partial charge in [-0.15, -0.1) is 0 Å². The van der Waals surface area contributed by atoms with Crippen LogP contribution in [0.25, 0.3) is 11.3 Å². The molecular formula is C17H14Cl2N4O. The molecule has 0 atom stereocenters. The van der Waals surface area contributed by atoms with Crippen LogP contribution in [0.2, 0.25) is 10.0 Å². The van der Waals surface area contributed by atoms with Crippen molar-refractivity contribution in [3.8, 4) is 11.3 Å². The summed E-state index contributed by atoms with van der Waals surface area (Å²) >= 11 is 12.6. The van der Waals surface area contributed by atoms with E-state index in [1.54, 1.807) is 25.1 Å². The summed E-state index contributed by atoms with van der Waals surface area (Å²) < 4.78 is 5.34. The zero-order valence-corrected chi connectivity index (χ0v) is 14.3. The van der Waals surface area contributed by atoms with Gasteiger partial charge in [0, 0.05) is 5.56 Å². The fourth-order valence-electron chi connectivity index (χ4n) is 2.34. The fraction of sp³-hybridized carbons (Fsp3) is 0.0588. The van der Waals surface area contributed by atoms with Crippen LogP contribution in [-0.2, 0) is 0 Å². The van der Waals surface area contributed by atoms with Gasteiger partial charge in [-0.25, -0.2) is 10.8 Å². The molecule has 0 bridgehead atoms. The van der Waals surface area contributed by atoms with Crippen LogP contribution < -0.4 is 11.3 Å². The number of halogens is 2. The second-order valence-electron chi connectivity index (χ2n) is 5.00. The maximum atomic E-state index is 6.30. The molecule has 122 valence electrons. The average Bonchev–Trinajstić information content (AvgIpc) is 2.95. The lowest BCUT2D eigenvalue weighted by molar-refractivity contribution is 0.399. The van der Waals surface area contributed by atoms with Crippen LogP contribution in [0.5, 0.6) is 0 Å². The minimum atomic E-state index is 0.408. The maximum absolute atomic E-state index is 6.30. The van der Waals surface area contributed by atoms with Gasteiger partial charge in [-0.1, -0.05) is 52.6 Å². The average molecular weight is 361 g/mol. The molecule has 1 heterocycles. The van der Waals surface area contributed by atoms with E-state index in [4.69, 9.17) is 33.6 Å². The van der Waals surface area contributed by atoms with Gasteiger partial charge in [-0.05, 0) is 31.2 Å². The molecule has 0 amide bonds. The van der Waals surface area contributed by atoms with Crippen LogP contribution >= 0.6 is 23.2 Å². The second kappa shape index (κ2) is 7.05. The predicted molar refractivity (Wildman–Crippen MR) is 96.7 cm³/mol. The van der Waals surface area contributed by atoms with Crippen molar-refractivity contribution >= 4 is 34.7 Å². The molecule has 7 heteroatoms. The number of rotatable bonds is 3. The van der Waals surface area contributed by atoms with E-state index in [-0.39, 0.29) is 0 Å². The van der Waals surface area contributed by atoms with Crippen LogP contribution in [-0.4, -0.2) is 11.0 Å². The molecule has 0 aliphatic heterocycles. The van der Waals surface area contributed by atoms with E-state index < -0.39 is 0 Å². The largest absolute Gasteiger partial charge is 0.360 e. The van der Waals surface area contributed by atoms with Crippen molar-refractivity contribution in [1.82, 2.24) is 10.6 Å². The van der Waals surface area contributed by atoms with Crippen LogP contribution in [0, 0.1) is 6.92 Å². The lowest BCUT2D eigenvalue weighted by Gasteiger charge is -2.09. The molecule has 0 aliphatic carbocycles. The van der Waals surface area contributed by atoms with Crippen LogP contribution in [0.3, 0.4) is 0 Å². The number of aliphatic imine (C=N–C) groups is 1. The third-order valence-electron chi connectivity index (χ3n) is 3.43. The van der Waals surface area contributed by atoms with E-state index in [1.807, 2.05) is 30.3 Å². The molecule has 0 aliphatic rings. The van der Waals surface area contributed by atoms with Crippen molar-refractivity contribution in [2.24, 2.45) is 10.8 Å². The van der Waals surface area contributed by atoms with Crippen molar-refractivity contribution in [1.29, 1.82) is 0 Å². The van der Waals surface area contributed by atoms with Gasteiger partial charge in [0.2, 0.25) is 0 Å². The summed E-state index contributed by atoms with van der Waals surface area (Å²) in [5.41, 5.74) is 5.01. The fourth-order valence-corrected chi connectivity index (χ4v) is 2.91. The van der Waals surface area contributed by atoms with Crippen molar-refractivity contribution < 1.29 is 4.52 Å². The van der Waals surface area contributed by atoms with Gasteiger partial charge in [0.05, 0.1) is 21.3 Å². The lowest BCUT2D eigenvalue weighted by Crippen LogP contribution is -2.31. The summed E-state index contributed by atoms with van der Waals surface area (Å²) in [5.74, 6) is 6.65. The van der Waals surface area contributed by atoms with Gasteiger partial charge in [0.25, 0.3) is 0 Å². The van der Waals surface area contributed by atoms with Gasteiger partial charge < -0.3 is 9.95 Å². The van der Waals surface area contributed by atoms with Crippen molar-refractivity contribution in [3.05, 3.63) is 69.9 Å². The molecule has 5 nitrogen and oxygen atoms in total. The molecule has 1 aromatic heterocycles. The number of nitrogens with zero attached hydrogens (tertiary/aromatic N) is 2. The number of nitrogens with one attached hydrogen (secondary N) is 1. The molecule has 0 unspecified atom stereocenters. The van der Waals surface area contributed by atoms with E-state index in [0.717, 1.165) is 5.69 Å². The molecule has 3 N–H and O–H groups in total. The Bertz CT molecular complexity index is 871. The first-order chi connectivity index (χ1) is 11.6. The Balaban J connectivity index is 2.19. The predicted octanol–water partition coefficient (Wildman–Crippen LogP) is 4.50. The first-order valence-electron chi connectivity index (χ1n) is 7.13. The second-order valence-corrected chi connectivity index (χ2v) is 5.81.